The summed E-state index contributed by atoms with van der Waals surface area (Å²) in [5, 5.41) is 10.1. The van der Waals surface area contributed by atoms with Gasteiger partial charge in [-0.25, -0.2) is 9.78 Å². The van der Waals surface area contributed by atoms with E-state index in [4.69, 9.17) is 11.6 Å². The average Bonchev–Trinajstić information content (AvgIpc) is 2.62. The van der Waals surface area contributed by atoms with Crippen molar-refractivity contribution in [2.75, 3.05) is 0 Å². The van der Waals surface area contributed by atoms with E-state index in [2.05, 4.69) is 31.0 Å². The van der Waals surface area contributed by atoms with E-state index in [0.717, 1.165) is 17.5 Å². The van der Waals surface area contributed by atoms with E-state index < -0.39 is 5.97 Å². The summed E-state index contributed by atoms with van der Waals surface area (Å²) in [6.45, 7) is 4.37. The van der Waals surface area contributed by atoms with Crippen LogP contribution in [0, 0.1) is 5.92 Å². The van der Waals surface area contributed by atoms with Gasteiger partial charge >= 0.3 is 5.97 Å². The second-order valence-electron chi connectivity index (χ2n) is 6.73. The normalized spacial score (nSPS) is 10.9. The Balaban J connectivity index is 2.03. The number of aromatic nitrogens is 1. The molecule has 0 aliphatic rings. The summed E-state index contributed by atoms with van der Waals surface area (Å²) in [4.78, 5) is 16.2. The van der Waals surface area contributed by atoms with Crippen molar-refractivity contribution in [1.29, 1.82) is 0 Å². The molecule has 0 amide bonds. The highest BCUT2D eigenvalue weighted by Crippen LogP contribution is 2.26. The van der Waals surface area contributed by atoms with Crippen molar-refractivity contribution in [3.8, 4) is 22.5 Å². The Labute approximate surface area is 158 Å². The first kappa shape index (κ1) is 18.2. The molecule has 1 aromatic heterocycles. The molecule has 3 rings (SSSR count). The van der Waals surface area contributed by atoms with E-state index >= 15 is 0 Å². The highest BCUT2D eigenvalue weighted by atomic mass is 35.5. The van der Waals surface area contributed by atoms with Crippen molar-refractivity contribution in [3.05, 3.63) is 76.8 Å². The Morgan fingerprint density at radius 3 is 1.92 bits per heavy atom. The summed E-state index contributed by atoms with van der Waals surface area (Å²) < 4.78 is 0. The molecule has 0 spiro atoms. The van der Waals surface area contributed by atoms with Gasteiger partial charge < -0.3 is 5.11 Å². The van der Waals surface area contributed by atoms with Gasteiger partial charge in [-0.05, 0) is 42.2 Å². The van der Waals surface area contributed by atoms with E-state index in [1.807, 2.05) is 24.3 Å². The van der Waals surface area contributed by atoms with Gasteiger partial charge in [-0.1, -0.05) is 61.8 Å². The highest BCUT2D eigenvalue weighted by molar-refractivity contribution is 6.30. The summed E-state index contributed by atoms with van der Waals surface area (Å²) in [7, 11) is 0. The van der Waals surface area contributed by atoms with Gasteiger partial charge in [-0.3, -0.25) is 0 Å². The zero-order chi connectivity index (χ0) is 18.7. The van der Waals surface area contributed by atoms with Crippen LogP contribution in [0.15, 0.2) is 60.7 Å². The molecular formula is C22H20ClNO2. The van der Waals surface area contributed by atoms with Crippen molar-refractivity contribution in [2.45, 2.75) is 20.3 Å². The van der Waals surface area contributed by atoms with Crippen LogP contribution in [0.2, 0.25) is 5.02 Å². The third kappa shape index (κ3) is 4.30. The van der Waals surface area contributed by atoms with E-state index in [-0.39, 0.29) is 5.56 Å². The number of carbonyl (C=O) groups is 1. The predicted molar refractivity (Wildman–Crippen MR) is 106 cm³/mol. The van der Waals surface area contributed by atoms with Crippen LogP contribution in [0.3, 0.4) is 0 Å². The minimum atomic E-state index is -0.972. The lowest BCUT2D eigenvalue weighted by molar-refractivity contribution is 0.0697. The highest BCUT2D eigenvalue weighted by Gasteiger charge is 2.11. The smallest absolute Gasteiger partial charge is 0.335 e. The van der Waals surface area contributed by atoms with Gasteiger partial charge in [0.05, 0.1) is 17.0 Å². The third-order valence-electron chi connectivity index (χ3n) is 4.11. The number of carboxylic acids is 1. The first-order valence-corrected chi connectivity index (χ1v) is 8.91. The fraction of sp³-hybridized carbons (Fsp3) is 0.182. The van der Waals surface area contributed by atoms with Crippen molar-refractivity contribution in [3.63, 3.8) is 0 Å². The van der Waals surface area contributed by atoms with Crippen LogP contribution in [-0.4, -0.2) is 16.1 Å². The lowest BCUT2D eigenvalue weighted by atomic mass is 10.00. The van der Waals surface area contributed by atoms with Crippen LogP contribution in [0.4, 0.5) is 0 Å². The van der Waals surface area contributed by atoms with Gasteiger partial charge in [0.25, 0.3) is 0 Å². The zero-order valence-corrected chi connectivity index (χ0v) is 15.5. The maximum absolute atomic E-state index is 11.5. The fourth-order valence-electron chi connectivity index (χ4n) is 2.85. The number of pyridine rings is 1. The molecule has 3 aromatic rings. The van der Waals surface area contributed by atoms with Gasteiger partial charge in [0, 0.05) is 16.1 Å². The summed E-state index contributed by atoms with van der Waals surface area (Å²) in [5.74, 6) is -0.383. The van der Waals surface area contributed by atoms with Gasteiger partial charge in [0.15, 0.2) is 0 Å². The molecule has 1 N–H and O–H groups in total. The first-order valence-electron chi connectivity index (χ1n) is 8.53. The maximum Gasteiger partial charge on any atom is 0.335 e. The molecule has 0 fully saturated rings. The first-order chi connectivity index (χ1) is 12.4. The molecule has 0 saturated carbocycles. The molecule has 0 aliphatic heterocycles. The van der Waals surface area contributed by atoms with Crippen LogP contribution in [0.5, 0.6) is 0 Å². The molecular weight excluding hydrogens is 346 g/mol. The number of nitrogens with zero attached hydrogens (tertiary/aromatic N) is 1. The Morgan fingerprint density at radius 1 is 0.962 bits per heavy atom. The molecule has 0 saturated heterocycles. The molecule has 3 nitrogen and oxygen atoms in total. The van der Waals surface area contributed by atoms with Gasteiger partial charge in [0.1, 0.15) is 0 Å². The van der Waals surface area contributed by atoms with Crippen molar-refractivity contribution < 1.29 is 9.90 Å². The lowest BCUT2D eigenvalue weighted by Gasteiger charge is -2.09. The van der Waals surface area contributed by atoms with E-state index in [0.29, 0.717) is 22.3 Å². The summed E-state index contributed by atoms with van der Waals surface area (Å²) in [6.07, 6.45) is 1.01. The van der Waals surface area contributed by atoms with Crippen LogP contribution >= 0.6 is 11.6 Å². The van der Waals surface area contributed by atoms with Crippen LogP contribution < -0.4 is 0 Å². The molecule has 26 heavy (non-hydrogen) atoms. The Hall–Kier alpha value is -2.65. The topological polar surface area (TPSA) is 50.2 Å². The number of benzene rings is 2. The van der Waals surface area contributed by atoms with Crippen molar-refractivity contribution in [1.82, 2.24) is 4.98 Å². The molecule has 132 valence electrons. The predicted octanol–water partition coefficient (Wildman–Crippen LogP) is 5.97. The molecule has 1 heterocycles. The molecule has 0 unspecified atom stereocenters. The second kappa shape index (κ2) is 7.71. The van der Waals surface area contributed by atoms with E-state index in [1.54, 1.807) is 24.3 Å². The largest absolute Gasteiger partial charge is 0.478 e. The number of hydrogen-bond acceptors (Lipinski definition) is 2. The third-order valence-corrected chi connectivity index (χ3v) is 4.36. The van der Waals surface area contributed by atoms with Gasteiger partial charge in [-0.2, -0.15) is 0 Å². The minimum Gasteiger partial charge on any atom is -0.478 e. The zero-order valence-electron chi connectivity index (χ0n) is 14.7. The number of halogens is 1. The van der Waals surface area contributed by atoms with Gasteiger partial charge in [0.2, 0.25) is 0 Å². The average molecular weight is 366 g/mol. The fourth-order valence-corrected chi connectivity index (χ4v) is 2.98. The standard InChI is InChI=1S/C22H20ClNO2/c1-14(2)11-15-3-5-16(6-4-15)20-12-18(22(25)26)13-21(24-20)17-7-9-19(23)10-8-17/h3-10,12-14H,11H2,1-2H3,(H,25,26). The number of carboxylic acid groups (broad SMARTS) is 1. The molecule has 0 aliphatic carbocycles. The minimum absolute atomic E-state index is 0.214. The van der Waals surface area contributed by atoms with Crippen molar-refractivity contribution >= 4 is 17.6 Å². The molecule has 2 aromatic carbocycles. The van der Waals surface area contributed by atoms with E-state index in [1.165, 1.54) is 5.56 Å². The number of rotatable bonds is 5. The number of aromatic carboxylic acids is 1. The van der Waals surface area contributed by atoms with Crippen LogP contribution in [0.1, 0.15) is 29.8 Å². The molecule has 4 heteroatoms. The second-order valence-corrected chi connectivity index (χ2v) is 7.17. The summed E-state index contributed by atoms with van der Waals surface area (Å²) >= 11 is 5.94. The molecule has 0 radical (unpaired) electrons. The SMILES string of the molecule is CC(C)Cc1ccc(-c2cc(C(=O)O)cc(-c3ccc(Cl)cc3)n2)cc1. The monoisotopic (exact) mass is 365 g/mol. The van der Waals surface area contributed by atoms with Crippen LogP contribution in [0.25, 0.3) is 22.5 Å². The summed E-state index contributed by atoms with van der Waals surface area (Å²) in [6, 6.07) is 18.6. The molecule has 0 atom stereocenters. The Kier molecular flexibility index (Phi) is 5.38. The van der Waals surface area contributed by atoms with Crippen molar-refractivity contribution in [2.24, 2.45) is 5.92 Å². The van der Waals surface area contributed by atoms with E-state index in [9.17, 15) is 9.90 Å². The number of hydrogen-bond donors (Lipinski definition) is 1. The summed E-state index contributed by atoms with van der Waals surface area (Å²) in [5.41, 5.74) is 4.46. The Bertz CT molecular complexity index is 916. The maximum atomic E-state index is 11.5. The molecule has 0 bridgehead atoms. The lowest BCUT2D eigenvalue weighted by Crippen LogP contribution is -2.00. The Morgan fingerprint density at radius 2 is 1.46 bits per heavy atom. The van der Waals surface area contributed by atoms with Crippen LogP contribution in [-0.2, 0) is 6.42 Å². The van der Waals surface area contributed by atoms with Gasteiger partial charge in [-0.15, -0.1) is 0 Å². The quantitative estimate of drug-likeness (QED) is 0.606.